The molecule has 1 fully saturated rings. The minimum absolute atomic E-state index is 0. The molecule has 7 nitrogen and oxygen atoms in total. The molecule has 174 valence electrons. The first-order chi connectivity index (χ1) is 15.3. The average Bonchev–Trinajstić information content (AvgIpc) is 3.13. The quantitative estimate of drug-likeness (QED) is 0.406. The minimum atomic E-state index is 0. The van der Waals surface area contributed by atoms with E-state index in [9.17, 15) is 0 Å². The fourth-order valence-electron chi connectivity index (χ4n) is 5.12. The summed E-state index contributed by atoms with van der Waals surface area (Å²) < 4.78 is 2.40. The van der Waals surface area contributed by atoms with Crippen LogP contribution in [0.5, 0.6) is 0 Å². The van der Waals surface area contributed by atoms with Gasteiger partial charge >= 0.3 is 0 Å². The second kappa shape index (κ2) is 9.79. The van der Waals surface area contributed by atoms with Crippen LogP contribution in [-0.4, -0.2) is 31.0 Å². The molecule has 6 rings (SSSR count). The molecule has 2 aliphatic rings. The lowest BCUT2D eigenvalue weighted by Crippen LogP contribution is -2.24. The van der Waals surface area contributed by atoms with Crippen LogP contribution in [0.15, 0.2) is 36.8 Å². The highest BCUT2D eigenvalue weighted by Gasteiger charge is 2.24. The van der Waals surface area contributed by atoms with Crippen LogP contribution >= 0.6 is 24.8 Å². The number of anilines is 2. The molecule has 0 aromatic carbocycles. The van der Waals surface area contributed by atoms with Crippen molar-refractivity contribution >= 4 is 58.5 Å². The summed E-state index contributed by atoms with van der Waals surface area (Å²) in [5.74, 6) is 2.18. The smallest absolute Gasteiger partial charge is 0.230 e. The summed E-state index contributed by atoms with van der Waals surface area (Å²) in [6.07, 6.45) is 11.7. The number of rotatable bonds is 3. The van der Waals surface area contributed by atoms with E-state index in [-0.39, 0.29) is 24.8 Å². The molecule has 0 radical (unpaired) electrons. The Hall–Kier alpha value is -2.48. The Bertz CT molecular complexity index is 1260. The Balaban J connectivity index is 0.00000130. The van der Waals surface area contributed by atoms with Gasteiger partial charge in [-0.05, 0) is 62.3 Å². The van der Waals surface area contributed by atoms with Gasteiger partial charge in [-0.2, -0.15) is 4.98 Å². The molecule has 0 atom stereocenters. The number of fused-ring (bicyclic) bond motifs is 4. The zero-order valence-electron chi connectivity index (χ0n) is 18.6. The van der Waals surface area contributed by atoms with Crippen molar-refractivity contribution in [3.05, 3.63) is 48.0 Å². The zero-order valence-corrected chi connectivity index (χ0v) is 20.3. The number of nitrogens with one attached hydrogen (secondary N) is 2. The highest BCUT2D eigenvalue weighted by atomic mass is 35.5. The standard InChI is InChI=1S/C24H27N7.2ClH/c1-15-2-5-17(6-3-15)31-21-14-26-11-9-18(21)19-12-27-24(30-23(19)31)29-22-7-4-16-8-10-25-13-20(16)28-22;;/h4,7,9,11-12,14-15,17,25H,2-3,5-6,8,10,13H2,1H3,(H,27,28,29,30);2*1H/t15-,17-;;. The lowest BCUT2D eigenvalue weighted by Gasteiger charge is -2.28. The highest BCUT2D eigenvalue weighted by Crippen LogP contribution is 2.38. The number of hydrogen-bond donors (Lipinski definition) is 2. The van der Waals surface area contributed by atoms with Crippen LogP contribution in [0.4, 0.5) is 11.8 Å². The third-order valence-electron chi connectivity index (χ3n) is 6.87. The van der Waals surface area contributed by atoms with E-state index in [4.69, 9.17) is 9.97 Å². The van der Waals surface area contributed by atoms with Crippen molar-refractivity contribution in [1.82, 2.24) is 29.8 Å². The molecule has 2 N–H and O–H groups in total. The number of halogens is 2. The van der Waals surface area contributed by atoms with Gasteiger partial charge in [-0.15, -0.1) is 24.8 Å². The van der Waals surface area contributed by atoms with Gasteiger partial charge in [0.2, 0.25) is 5.95 Å². The number of pyridine rings is 2. The Kier molecular flexibility index (Phi) is 7.02. The summed E-state index contributed by atoms with van der Waals surface area (Å²) >= 11 is 0. The first kappa shape index (κ1) is 23.7. The molecular weight excluding hydrogens is 457 g/mol. The van der Waals surface area contributed by atoms with E-state index in [0.717, 1.165) is 53.5 Å². The largest absolute Gasteiger partial charge is 0.321 e. The molecule has 1 aliphatic heterocycles. The fraction of sp³-hybridized carbons (Fsp3) is 0.417. The second-order valence-corrected chi connectivity index (χ2v) is 8.96. The van der Waals surface area contributed by atoms with E-state index >= 15 is 0 Å². The predicted octanol–water partition coefficient (Wildman–Crippen LogP) is 5.36. The number of nitrogens with zero attached hydrogens (tertiary/aromatic N) is 5. The summed E-state index contributed by atoms with van der Waals surface area (Å²) in [5, 5.41) is 8.99. The van der Waals surface area contributed by atoms with Crippen LogP contribution in [0.25, 0.3) is 21.9 Å². The van der Waals surface area contributed by atoms with Gasteiger partial charge in [0.25, 0.3) is 0 Å². The van der Waals surface area contributed by atoms with E-state index in [1.165, 1.54) is 36.6 Å². The molecule has 9 heteroatoms. The lowest BCUT2D eigenvalue weighted by atomic mass is 9.87. The summed E-state index contributed by atoms with van der Waals surface area (Å²) in [6.45, 7) is 4.18. The van der Waals surface area contributed by atoms with Crippen molar-refractivity contribution in [2.45, 2.75) is 51.6 Å². The van der Waals surface area contributed by atoms with Crippen LogP contribution in [-0.2, 0) is 13.0 Å². The van der Waals surface area contributed by atoms with Gasteiger partial charge in [-0.1, -0.05) is 13.0 Å². The molecule has 1 aliphatic carbocycles. The van der Waals surface area contributed by atoms with Crippen LogP contribution in [0, 0.1) is 5.92 Å². The molecular formula is C24H29Cl2N7. The van der Waals surface area contributed by atoms with Gasteiger partial charge < -0.3 is 15.2 Å². The van der Waals surface area contributed by atoms with Gasteiger partial charge in [-0.25, -0.2) is 9.97 Å². The van der Waals surface area contributed by atoms with Crippen LogP contribution in [0.1, 0.15) is 49.9 Å². The first-order valence-corrected chi connectivity index (χ1v) is 11.3. The predicted molar refractivity (Wildman–Crippen MR) is 137 cm³/mol. The number of hydrogen-bond acceptors (Lipinski definition) is 6. The van der Waals surface area contributed by atoms with Crippen molar-refractivity contribution in [2.75, 3.05) is 11.9 Å². The van der Waals surface area contributed by atoms with Crippen molar-refractivity contribution < 1.29 is 0 Å². The molecule has 0 saturated heterocycles. The van der Waals surface area contributed by atoms with Gasteiger partial charge in [0.05, 0.1) is 17.4 Å². The number of aromatic nitrogens is 5. The molecule has 5 heterocycles. The van der Waals surface area contributed by atoms with E-state index in [0.29, 0.717) is 12.0 Å². The van der Waals surface area contributed by atoms with Crippen LogP contribution in [0.3, 0.4) is 0 Å². The maximum absolute atomic E-state index is 4.97. The van der Waals surface area contributed by atoms with Gasteiger partial charge in [0, 0.05) is 35.8 Å². The van der Waals surface area contributed by atoms with Gasteiger partial charge in [0.1, 0.15) is 11.5 Å². The van der Waals surface area contributed by atoms with Crippen molar-refractivity contribution in [2.24, 2.45) is 5.92 Å². The van der Waals surface area contributed by atoms with Crippen LogP contribution < -0.4 is 10.6 Å². The Morgan fingerprint density at radius 3 is 2.70 bits per heavy atom. The molecule has 33 heavy (non-hydrogen) atoms. The molecule has 4 aromatic rings. The molecule has 0 amide bonds. The molecule has 4 aromatic heterocycles. The monoisotopic (exact) mass is 485 g/mol. The van der Waals surface area contributed by atoms with E-state index < -0.39 is 0 Å². The van der Waals surface area contributed by atoms with Gasteiger partial charge in [0.15, 0.2) is 0 Å². The third-order valence-corrected chi connectivity index (χ3v) is 6.87. The summed E-state index contributed by atoms with van der Waals surface area (Å²) in [6, 6.07) is 6.72. The Morgan fingerprint density at radius 1 is 1.00 bits per heavy atom. The van der Waals surface area contributed by atoms with Crippen molar-refractivity contribution in [3.63, 3.8) is 0 Å². The van der Waals surface area contributed by atoms with E-state index in [1.807, 2.05) is 24.7 Å². The normalized spacial score (nSPS) is 20.0. The zero-order chi connectivity index (χ0) is 20.8. The SMILES string of the molecule is C[C@H]1CC[C@H](n2c3cnccc3c3cnc(Nc4ccc5c(n4)CNCC5)nc32)CC1.Cl.Cl. The minimum Gasteiger partial charge on any atom is -0.321 e. The lowest BCUT2D eigenvalue weighted by molar-refractivity contribution is 0.298. The molecule has 0 bridgehead atoms. The van der Waals surface area contributed by atoms with Crippen molar-refractivity contribution in [1.29, 1.82) is 0 Å². The third kappa shape index (κ3) is 4.37. The van der Waals surface area contributed by atoms with E-state index in [1.54, 1.807) is 0 Å². The van der Waals surface area contributed by atoms with Crippen LogP contribution in [0.2, 0.25) is 0 Å². The maximum Gasteiger partial charge on any atom is 0.230 e. The Morgan fingerprint density at radius 2 is 1.85 bits per heavy atom. The summed E-state index contributed by atoms with van der Waals surface area (Å²) in [5.41, 5.74) is 4.56. The van der Waals surface area contributed by atoms with Crippen molar-refractivity contribution in [3.8, 4) is 0 Å². The molecule has 0 unspecified atom stereocenters. The summed E-state index contributed by atoms with van der Waals surface area (Å²) in [7, 11) is 0. The fourth-order valence-corrected chi connectivity index (χ4v) is 5.12. The highest BCUT2D eigenvalue weighted by molar-refractivity contribution is 6.06. The topological polar surface area (TPSA) is 80.5 Å². The molecule has 0 spiro atoms. The second-order valence-electron chi connectivity index (χ2n) is 8.96. The maximum atomic E-state index is 4.97. The average molecular weight is 486 g/mol. The first-order valence-electron chi connectivity index (χ1n) is 11.3. The molecule has 1 saturated carbocycles. The van der Waals surface area contributed by atoms with Gasteiger partial charge in [-0.3, -0.25) is 4.98 Å². The Labute approximate surface area is 205 Å². The van der Waals surface area contributed by atoms with E-state index in [2.05, 4.69) is 44.2 Å². The summed E-state index contributed by atoms with van der Waals surface area (Å²) in [4.78, 5) is 18.8.